The standard InChI is InChI=1S/C16H22N4O2/c1-19-13-5-3-4-8-16(13,9-6-14(19)21)11-17-15(22)12-7-10-18-20(12)2/h5,7,10H,3-4,6,8-9,11H2,1-2H3,(H,17,22)/t16-/m0/s1. The van der Waals surface area contributed by atoms with Gasteiger partial charge in [-0.05, 0) is 31.7 Å². The number of aryl methyl sites for hydroxylation is 1. The number of hydrogen-bond acceptors (Lipinski definition) is 3. The van der Waals surface area contributed by atoms with E-state index in [1.165, 1.54) is 0 Å². The lowest BCUT2D eigenvalue weighted by Gasteiger charge is -2.46. The van der Waals surface area contributed by atoms with Crippen LogP contribution in [0.5, 0.6) is 0 Å². The molecule has 0 spiro atoms. The summed E-state index contributed by atoms with van der Waals surface area (Å²) >= 11 is 0. The molecule has 2 amide bonds. The molecule has 1 aromatic heterocycles. The average molecular weight is 302 g/mol. The highest BCUT2D eigenvalue weighted by Crippen LogP contribution is 2.45. The lowest BCUT2D eigenvalue weighted by atomic mass is 9.70. The van der Waals surface area contributed by atoms with Gasteiger partial charge >= 0.3 is 0 Å². The summed E-state index contributed by atoms with van der Waals surface area (Å²) in [7, 11) is 3.60. The Bertz CT molecular complexity index is 634. The summed E-state index contributed by atoms with van der Waals surface area (Å²) < 4.78 is 1.57. The van der Waals surface area contributed by atoms with Gasteiger partial charge in [0.1, 0.15) is 5.69 Å². The van der Waals surface area contributed by atoms with Gasteiger partial charge in [-0.15, -0.1) is 0 Å². The summed E-state index contributed by atoms with van der Waals surface area (Å²) in [6, 6.07) is 1.71. The minimum absolute atomic E-state index is 0.102. The molecule has 1 aromatic rings. The maximum atomic E-state index is 12.3. The van der Waals surface area contributed by atoms with Crippen LogP contribution >= 0.6 is 0 Å². The van der Waals surface area contributed by atoms with E-state index < -0.39 is 0 Å². The van der Waals surface area contributed by atoms with E-state index in [1.54, 1.807) is 28.9 Å². The molecule has 1 aliphatic carbocycles. The molecular weight excluding hydrogens is 280 g/mol. The number of nitrogens with one attached hydrogen (secondary N) is 1. The van der Waals surface area contributed by atoms with E-state index in [4.69, 9.17) is 0 Å². The van der Waals surface area contributed by atoms with Gasteiger partial charge in [-0.2, -0.15) is 5.10 Å². The first-order chi connectivity index (χ1) is 10.5. The SMILES string of the molecule is CN1C(=O)CC[C@]2(CNC(=O)c3ccnn3C)CCCC=C12. The smallest absolute Gasteiger partial charge is 0.269 e. The van der Waals surface area contributed by atoms with Crippen molar-refractivity contribution >= 4 is 11.8 Å². The summed E-state index contributed by atoms with van der Waals surface area (Å²) in [5, 5.41) is 7.07. The van der Waals surface area contributed by atoms with Crippen LogP contribution in [0, 0.1) is 5.41 Å². The van der Waals surface area contributed by atoms with Gasteiger partial charge in [0, 0.05) is 44.4 Å². The lowest BCUT2D eigenvalue weighted by Crippen LogP contribution is -2.49. The topological polar surface area (TPSA) is 67.2 Å². The maximum absolute atomic E-state index is 12.3. The summed E-state index contributed by atoms with van der Waals surface area (Å²) in [6.45, 7) is 0.570. The van der Waals surface area contributed by atoms with Crippen LogP contribution in [0.15, 0.2) is 24.0 Å². The monoisotopic (exact) mass is 302 g/mol. The van der Waals surface area contributed by atoms with E-state index in [2.05, 4.69) is 16.5 Å². The van der Waals surface area contributed by atoms with Crippen molar-refractivity contribution in [2.24, 2.45) is 12.5 Å². The molecule has 2 heterocycles. The Hall–Kier alpha value is -2.11. The van der Waals surface area contributed by atoms with Gasteiger partial charge in [-0.1, -0.05) is 6.08 Å². The first-order valence-electron chi connectivity index (χ1n) is 7.77. The Kier molecular flexibility index (Phi) is 3.76. The third-order valence-electron chi connectivity index (χ3n) is 4.93. The normalized spacial score (nSPS) is 24.7. The third kappa shape index (κ3) is 2.42. The zero-order chi connectivity index (χ0) is 15.7. The Morgan fingerprint density at radius 1 is 1.41 bits per heavy atom. The summed E-state index contributed by atoms with van der Waals surface area (Å²) in [5.74, 6) is 0.0561. The van der Waals surface area contributed by atoms with Crippen LogP contribution in [-0.2, 0) is 11.8 Å². The van der Waals surface area contributed by atoms with Gasteiger partial charge in [0.15, 0.2) is 0 Å². The fourth-order valence-corrected chi connectivity index (χ4v) is 3.62. The largest absolute Gasteiger partial charge is 0.350 e. The number of allylic oxidation sites excluding steroid dienone is 1. The predicted molar refractivity (Wildman–Crippen MR) is 81.9 cm³/mol. The number of carbonyl (C=O) groups is 2. The van der Waals surface area contributed by atoms with Gasteiger partial charge in [-0.25, -0.2) is 0 Å². The van der Waals surface area contributed by atoms with Crippen molar-refractivity contribution in [1.82, 2.24) is 20.0 Å². The Morgan fingerprint density at radius 3 is 2.95 bits per heavy atom. The molecule has 6 heteroatoms. The van der Waals surface area contributed by atoms with E-state index >= 15 is 0 Å². The minimum atomic E-state index is -0.112. The number of fused-ring (bicyclic) bond motifs is 1. The zero-order valence-corrected chi connectivity index (χ0v) is 13.1. The van der Waals surface area contributed by atoms with E-state index in [0.29, 0.717) is 18.7 Å². The van der Waals surface area contributed by atoms with Crippen LogP contribution in [0.4, 0.5) is 0 Å². The summed E-state index contributed by atoms with van der Waals surface area (Å²) in [6.07, 6.45) is 8.27. The fourth-order valence-electron chi connectivity index (χ4n) is 3.62. The summed E-state index contributed by atoms with van der Waals surface area (Å²) in [5.41, 5.74) is 1.54. The molecule has 118 valence electrons. The van der Waals surface area contributed by atoms with Gasteiger partial charge in [0.05, 0.1) is 0 Å². The molecule has 1 atom stereocenters. The van der Waals surface area contributed by atoms with Crippen molar-refractivity contribution in [3.05, 3.63) is 29.7 Å². The van der Waals surface area contributed by atoms with E-state index in [9.17, 15) is 9.59 Å². The van der Waals surface area contributed by atoms with Gasteiger partial charge in [0.25, 0.3) is 5.91 Å². The molecule has 1 aliphatic heterocycles. The molecule has 1 N–H and O–H groups in total. The van der Waals surface area contributed by atoms with Gasteiger partial charge < -0.3 is 10.2 Å². The molecule has 0 aromatic carbocycles. The summed E-state index contributed by atoms with van der Waals surface area (Å²) in [4.78, 5) is 26.0. The molecule has 6 nitrogen and oxygen atoms in total. The molecular formula is C16H22N4O2. The highest BCUT2D eigenvalue weighted by atomic mass is 16.2. The minimum Gasteiger partial charge on any atom is -0.350 e. The molecule has 0 saturated carbocycles. The fraction of sp³-hybridized carbons (Fsp3) is 0.562. The van der Waals surface area contributed by atoms with Crippen LogP contribution in [0.2, 0.25) is 0 Å². The molecule has 0 radical (unpaired) electrons. The molecule has 1 saturated heterocycles. The Labute approximate surface area is 130 Å². The highest BCUT2D eigenvalue weighted by Gasteiger charge is 2.43. The van der Waals surface area contributed by atoms with Crippen molar-refractivity contribution in [3.8, 4) is 0 Å². The van der Waals surface area contributed by atoms with Crippen LogP contribution < -0.4 is 5.32 Å². The maximum Gasteiger partial charge on any atom is 0.269 e. The second-order valence-electron chi connectivity index (χ2n) is 6.24. The Morgan fingerprint density at radius 2 is 2.23 bits per heavy atom. The number of piperidine rings is 1. The number of nitrogens with zero attached hydrogens (tertiary/aromatic N) is 3. The van der Waals surface area contributed by atoms with E-state index in [-0.39, 0.29) is 17.2 Å². The molecule has 2 aliphatic rings. The number of carbonyl (C=O) groups excluding carboxylic acids is 2. The number of hydrogen-bond donors (Lipinski definition) is 1. The quantitative estimate of drug-likeness (QED) is 0.919. The van der Waals surface area contributed by atoms with Crippen LogP contribution in [0.25, 0.3) is 0 Å². The average Bonchev–Trinajstić information content (AvgIpc) is 2.95. The third-order valence-corrected chi connectivity index (χ3v) is 4.93. The van der Waals surface area contributed by atoms with Crippen molar-refractivity contribution in [1.29, 1.82) is 0 Å². The lowest BCUT2D eigenvalue weighted by molar-refractivity contribution is -0.132. The molecule has 3 rings (SSSR count). The van der Waals surface area contributed by atoms with Gasteiger partial charge in [-0.3, -0.25) is 14.3 Å². The van der Waals surface area contributed by atoms with Crippen molar-refractivity contribution in [2.75, 3.05) is 13.6 Å². The van der Waals surface area contributed by atoms with Gasteiger partial charge in [0.2, 0.25) is 5.91 Å². The van der Waals surface area contributed by atoms with E-state index in [1.807, 2.05) is 7.05 Å². The Balaban J connectivity index is 1.76. The van der Waals surface area contributed by atoms with Crippen molar-refractivity contribution in [3.63, 3.8) is 0 Å². The van der Waals surface area contributed by atoms with Crippen molar-refractivity contribution in [2.45, 2.75) is 32.1 Å². The number of likely N-dealkylation sites (tertiary alicyclic amines) is 1. The van der Waals surface area contributed by atoms with Crippen LogP contribution in [-0.4, -0.2) is 40.1 Å². The molecule has 0 bridgehead atoms. The van der Waals surface area contributed by atoms with Crippen LogP contribution in [0.1, 0.15) is 42.6 Å². The molecule has 0 unspecified atom stereocenters. The predicted octanol–water partition coefficient (Wildman–Crippen LogP) is 1.46. The number of aromatic nitrogens is 2. The number of amides is 2. The molecule has 1 fully saturated rings. The molecule has 22 heavy (non-hydrogen) atoms. The highest BCUT2D eigenvalue weighted by molar-refractivity contribution is 5.92. The van der Waals surface area contributed by atoms with E-state index in [0.717, 1.165) is 31.4 Å². The number of rotatable bonds is 3. The second kappa shape index (κ2) is 5.59. The first kappa shape index (κ1) is 14.8. The zero-order valence-electron chi connectivity index (χ0n) is 13.1. The van der Waals surface area contributed by atoms with Crippen molar-refractivity contribution < 1.29 is 9.59 Å². The van der Waals surface area contributed by atoms with Crippen LogP contribution in [0.3, 0.4) is 0 Å². The second-order valence-corrected chi connectivity index (χ2v) is 6.24. The first-order valence-corrected chi connectivity index (χ1v) is 7.77.